The molecule has 0 heterocycles. The highest BCUT2D eigenvalue weighted by atomic mass is 16.5. The van der Waals surface area contributed by atoms with Crippen LogP contribution in [0, 0.1) is 6.92 Å². The molecule has 3 nitrogen and oxygen atoms in total. The molecule has 2 aromatic carbocycles. The summed E-state index contributed by atoms with van der Waals surface area (Å²) < 4.78 is 11.3. The summed E-state index contributed by atoms with van der Waals surface area (Å²) in [6, 6.07) is 14.1. The molecular formula is C17H21NO2. The van der Waals surface area contributed by atoms with E-state index in [0.717, 1.165) is 29.0 Å². The molecule has 2 N–H and O–H groups in total. The van der Waals surface area contributed by atoms with Crippen LogP contribution in [0.5, 0.6) is 11.5 Å². The maximum Gasteiger partial charge on any atom is 0.125 e. The average molecular weight is 271 g/mol. The van der Waals surface area contributed by atoms with Crippen molar-refractivity contribution in [1.29, 1.82) is 0 Å². The van der Waals surface area contributed by atoms with Gasteiger partial charge in [-0.15, -0.1) is 0 Å². The van der Waals surface area contributed by atoms with Gasteiger partial charge in [0, 0.05) is 5.56 Å². The molecular weight excluding hydrogens is 250 g/mol. The lowest BCUT2D eigenvalue weighted by Crippen LogP contribution is -2.06. The second-order valence-electron chi connectivity index (χ2n) is 4.75. The Hall–Kier alpha value is -2.00. The predicted molar refractivity (Wildman–Crippen MR) is 81.3 cm³/mol. The van der Waals surface area contributed by atoms with E-state index >= 15 is 0 Å². The first-order valence-corrected chi connectivity index (χ1v) is 6.79. The number of hydrogen-bond acceptors (Lipinski definition) is 3. The molecule has 3 heteroatoms. The molecule has 0 amide bonds. The van der Waals surface area contributed by atoms with Gasteiger partial charge in [-0.3, -0.25) is 0 Å². The van der Waals surface area contributed by atoms with Gasteiger partial charge in [-0.05, 0) is 37.6 Å². The minimum absolute atomic E-state index is 0.491. The normalized spacial score (nSPS) is 10.3. The number of ether oxygens (including phenoxy) is 2. The van der Waals surface area contributed by atoms with Crippen molar-refractivity contribution in [2.45, 2.75) is 20.0 Å². The second kappa shape index (κ2) is 6.96. The van der Waals surface area contributed by atoms with Crippen molar-refractivity contribution in [3.05, 3.63) is 59.2 Å². The fourth-order valence-corrected chi connectivity index (χ4v) is 2.18. The summed E-state index contributed by atoms with van der Waals surface area (Å²) in [5.41, 5.74) is 9.07. The van der Waals surface area contributed by atoms with E-state index in [1.54, 1.807) is 7.11 Å². The fraction of sp³-hybridized carbons (Fsp3) is 0.294. The Morgan fingerprint density at radius 1 is 1.00 bits per heavy atom. The van der Waals surface area contributed by atoms with Crippen LogP contribution in [0.1, 0.15) is 16.7 Å². The van der Waals surface area contributed by atoms with Gasteiger partial charge in [0.1, 0.15) is 18.1 Å². The number of para-hydroxylation sites is 1. The summed E-state index contributed by atoms with van der Waals surface area (Å²) in [6.45, 7) is 3.18. The maximum atomic E-state index is 5.94. The Balaban J connectivity index is 2.14. The molecule has 2 aromatic rings. The van der Waals surface area contributed by atoms with E-state index in [2.05, 4.69) is 19.1 Å². The lowest BCUT2D eigenvalue weighted by Gasteiger charge is -2.13. The first-order chi connectivity index (χ1) is 9.74. The first-order valence-electron chi connectivity index (χ1n) is 6.79. The fourth-order valence-electron chi connectivity index (χ4n) is 2.18. The highest BCUT2D eigenvalue weighted by molar-refractivity contribution is 5.38. The van der Waals surface area contributed by atoms with Crippen molar-refractivity contribution in [1.82, 2.24) is 0 Å². The maximum absolute atomic E-state index is 5.94. The van der Waals surface area contributed by atoms with Gasteiger partial charge in [0.25, 0.3) is 0 Å². The lowest BCUT2D eigenvalue weighted by atomic mass is 10.1. The number of hydrogen-bond donors (Lipinski definition) is 1. The van der Waals surface area contributed by atoms with Crippen molar-refractivity contribution in [2.24, 2.45) is 5.73 Å². The van der Waals surface area contributed by atoms with Gasteiger partial charge in [0.2, 0.25) is 0 Å². The zero-order chi connectivity index (χ0) is 14.4. The molecule has 0 bridgehead atoms. The monoisotopic (exact) mass is 271 g/mol. The topological polar surface area (TPSA) is 44.5 Å². The van der Waals surface area contributed by atoms with Crippen LogP contribution in [-0.2, 0) is 13.0 Å². The highest BCUT2D eigenvalue weighted by Crippen LogP contribution is 2.24. The molecule has 0 aliphatic heterocycles. The third-order valence-electron chi connectivity index (χ3n) is 3.21. The average Bonchev–Trinajstić information content (AvgIpc) is 2.47. The zero-order valence-corrected chi connectivity index (χ0v) is 12.1. The molecule has 20 heavy (non-hydrogen) atoms. The Morgan fingerprint density at radius 3 is 2.55 bits per heavy atom. The van der Waals surface area contributed by atoms with Crippen molar-refractivity contribution in [2.75, 3.05) is 13.7 Å². The van der Waals surface area contributed by atoms with E-state index in [4.69, 9.17) is 15.2 Å². The summed E-state index contributed by atoms with van der Waals surface area (Å²) >= 11 is 0. The van der Waals surface area contributed by atoms with Crippen LogP contribution in [0.4, 0.5) is 0 Å². The Bertz CT molecular complexity index is 567. The van der Waals surface area contributed by atoms with Crippen LogP contribution >= 0.6 is 0 Å². The van der Waals surface area contributed by atoms with Crippen LogP contribution in [0.3, 0.4) is 0 Å². The molecule has 0 atom stereocenters. The largest absolute Gasteiger partial charge is 0.496 e. The summed E-state index contributed by atoms with van der Waals surface area (Å²) in [6.07, 6.45) is 0.822. The van der Waals surface area contributed by atoms with Gasteiger partial charge in [0.15, 0.2) is 0 Å². The quantitative estimate of drug-likeness (QED) is 0.878. The van der Waals surface area contributed by atoms with Crippen molar-refractivity contribution in [3.8, 4) is 11.5 Å². The minimum Gasteiger partial charge on any atom is -0.496 e. The molecule has 2 rings (SSSR count). The molecule has 0 aliphatic carbocycles. The number of aryl methyl sites for hydroxylation is 1. The number of nitrogens with two attached hydrogens (primary N) is 1. The van der Waals surface area contributed by atoms with Crippen molar-refractivity contribution in [3.63, 3.8) is 0 Å². The molecule has 0 spiro atoms. The molecule has 0 aliphatic rings. The van der Waals surface area contributed by atoms with Crippen LogP contribution < -0.4 is 15.2 Å². The highest BCUT2D eigenvalue weighted by Gasteiger charge is 2.06. The molecule has 0 saturated heterocycles. The van der Waals surface area contributed by atoms with E-state index < -0.39 is 0 Å². The Labute approximate surface area is 120 Å². The van der Waals surface area contributed by atoms with E-state index in [9.17, 15) is 0 Å². The zero-order valence-electron chi connectivity index (χ0n) is 12.1. The molecule has 0 fully saturated rings. The van der Waals surface area contributed by atoms with E-state index in [0.29, 0.717) is 13.2 Å². The number of rotatable bonds is 6. The standard InChI is InChI=1S/C17H21NO2/c1-13-7-8-17(14(11-13)9-10-18)20-12-15-5-3-4-6-16(15)19-2/h3-8,11H,9-10,12,18H2,1-2H3. The van der Waals surface area contributed by atoms with Crippen LogP contribution in [-0.4, -0.2) is 13.7 Å². The van der Waals surface area contributed by atoms with Crippen molar-refractivity contribution < 1.29 is 9.47 Å². The van der Waals surface area contributed by atoms with Gasteiger partial charge < -0.3 is 15.2 Å². The van der Waals surface area contributed by atoms with E-state index in [1.165, 1.54) is 5.56 Å². The summed E-state index contributed by atoms with van der Waals surface area (Å²) in [4.78, 5) is 0. The van der Waals surface area contributed by atoms with Gasteiger partial charge in [-0.25, -0.2) is 0 Å². The third-order valence-corrected chi connectivity index (χ3v) is 3.21. The van der Waals surface area contributed by atoms with Gasteiger partial charge in [0.05, 0.1) is 7.11 Å². The predicted octanol–water partition coefficient (Wildman–Crippen LogP) is 3.08. The lowest BCUT2D eigenvalue weighted by molar-refractivity contribution is 0.294. The van der Waals surface area contributed by atoms with Gasteiger partial charge in [-0.1, -0.05) is 35.9 Å². The molecule has 0 aromatic heterocycles. The molecule has 106 valence electrons. The number of benzene rings is 2. The van der Waals surface area contributed by atoms with Crippen LogP contribution in [0.15, 0.2) is 42.5 Å². The third kappa shape index (κ3) is 3.52. The van der Waals surface area contributed by atoms with Crippen molar-refractivity contribution >= 4 is 0 Å². The summed E-state index contributed by atoms with van der Waals surface area (Å²) in [5, 5.41) is 0. The molecule has 0 radical (unpaired) electrons. The van der Waals surface area contributed by atoms with Crippen LogP contribution in [0.25, 0.3) is 0 Å². The Kier molecular flexibility index (Phi) is 5.02. The number of methoxy groups -OCH3 is 1. The molecule has 0 unspecified atom stereocenters. The van der Waals surface area contributed by atoms with Gasteiger partial charge in [-0.2, -0.15) is 0 Å². The van der Waals surface area contributed by atoms with Gasteiger partial charge >= 0.3 is 0 Å². The SMILES string of the molecule is COc1ccccc1COc1ccc(C)cc1CCN. The summed E-state index contributed by atoms with van der Waals surface area (Å²) in [7, 11) is 1.67. The van der Waals surface area contributed by atoms with E-state index in [-0.39, 0.29) is 0 Å². The molecule has 0 saturated carbocycles. The first kappa shape index (κ1) is 14.4. The Morgan fingerprint density at radius 2 is 1.80 bits per heavy atom. The second-order valence-corrected chi connectivity index (χ2v) is 4.75. The van der Waals surface area contributed by atoms with Crippen LogP contribution in [0.2, 0.25) is 0 Å². The van der Waals surface area contributed by atoms with E-state index in [1.807, 2.05) is 30.3 Å². The minimum atomic E-state index is 0.491. The summed E-state index contributed by atoms with van der Waals surface area (Å²) in [5.74, 6) is 1.74. The smallest absolute Gasteiger partial charge is 0.125 e.